The molecule has 1 amide bonds. The Morgan fingerprint density at radius 3 is 2.27 bits per heavy atom. The van der Waals surface area contributed by atoms with Crippen LogP contribution in [0.5, 0.6) is 5.75 Å². The lowest BCUT2D eigenvalue weighted by molar-refractivity contribution is -0.112. The first kappa shape index (κ1) is 21.2. The number of nitriles is 1. The van der Waals surface area contributed by atoms with E-state index in [0.29, 0.717) is 21.5 Å². The number of anilines is 1. The highest BCUT2D eigenvalue weighted by Crippen LogP contribution is 2.28. The van der Waals surface area contributed by atoms with Gasteiger partial charge in [0.15, 0.2) is 0 Å². The fraction of sp³-hybridized carbons (Fsp3) is 0.0435. The molecule has 0 aromatic heterocycles. The van der Waals surface area contributed by atoms with Crippen LogP contribution < -0.4 is 10.1 Å². The molecule has 3 aromatic rings. The number of hydrogen-bond donors (Lipinski definition) is 1. The lowest BCUT2D eigenvalue weighted by Gasteiger charge is -2.09. The molecule has 0 aliphatic heterocycles. The van der Waals surface area contributed by atoms with E-state index in [0.717, 1.165) is 5.56 Å². The smallest absolute Gasteiger partial charge is 0.266 e. The Morgan fingerprint density at radius 1 is 1.03 bits per heavy atom. The van der Waals surface area contributed by atoms with E-state index in [1.165, 1.54) is 42.5 Å². The number of nitrogens with one attached hydrogen (secondary N) is 1. The van der Waals surface area contributed by atoms with Gasteiger partial charge in [-0.1, -0.05) is 18.2 Å². The largest absolute Gasteiger partial charge is 0.488 e. The lowest BCUT2D eigenvalue weighted by atomic mass is 10.1. The minimum absolute atomic E-state index is 0.105. The molecule has 3 rings (SSSR count). The maximum Gasteiger partial charge on any atom is 0.266 e. The molecule has 3 aromatic carbocycles. The highest BCUT2D eigenvalue weighted by molar-refractivity contribution is 9.10. The van der Waals surface area contributed by atoms with E-state index in [-0.39, 0.29) is 18.0 Å². The van der Waals surface area contributed by atoms with Gasteiger partial charge in [-0.3, -0.25) is 4.79 Å². The third-order valence-electron chi connectivity index (χ3n) is 4.04. The average molecular weight is 469 g/mol. The van der Waals surface area contributed by atoms with Crippen molar-refractivity contribution in [2.24, 2.45) is 0 Å². The van der Waals surface area contributed by atoms with Crippen molar-refractivity contribution < 1.29 is 18.3 Å². The zero-order chi connectivity index (χ0) is 21.5. The predicted octanol–water partition coefficient (Wildman–Crippen LogP) is 5.85. The van der Waals surface area contributed by atoms with E-state index in [1.807, 2.05) is 6.07 Å². The van der Waals surface area contributed by atoms with Crippen molar-refractivity contribution in [1.29, 1.82) is 5.26 Å². The van der Waals surface area contributed by atoms with Crippen molar-refractivity contribution in [3.63, 3.8) is 0 Å². The topological polar surface area (TPSA) is 62.1 Å². The van der Waals surface area contributed by atoms with Crippen molar-refractivity contribution in [1.82, 2.24) is 0 Å². The summed E-state index contributed by atoms with van der Waals surface area (Å²) < 4.78 is 32.3. The number of benzene rings is 3. The third kappa shape index (κ3) is 5.75. The van der Waals surface area contributed by atoms with Gasteiger partial charge in [0.25, 0.3) is 5.91 Å². The summed E-state index contributed by atoms with van der Waals surface area (Å²) in [5.41, 5.74) is 1.71. The molecule has 30 heavy (non-hydrogen) atoms. The molecule has 1 N–H and O–H groups in total. The third-order valence-corrected chi connectivity index (χ3v) is 4.66. The molecular formula is C23H15BrF2N2O2. The summed E-state index contributed by atoms with van der Waals surface area (Å²) in [6, 6.07) is 18.2. The molecule has 0 radical (unpaired) electrons. The second-order valence-corrected chi connectivity index (χ2v) is 7.09. The number of carbonyl (C=O) groups is 1. The zero-order valence-corrected chi connectivity index (χ0v) is 17.1. The van der Waals surface area contributed by atoms with Gasteiger partial charge in [-0.25, -0.2) is 8.78 Å². The molecule has 0 fully saturated rings. The number of carbonyl (C=O) groups excluding carboxylic acids is 1. The number of ether oxygens (including phenoxy) is 1. The van der Waals surface area contributed by atoms with E-state index in [1.54, 1.807) is 30.3 Å². The summed E-state index contributed by atoms with van der Waals surface area (Å²) >= 11 is 3.41. The molecule has 0 atom stereocenters. The lowest BCUT2D eigenvalue weighted by Crippen LogP contribution is -2.13. The minimum atomic E-state index is -0.600. The Hall–Kier alpha value is -3.50. The molecule has 150 valence electrons. The molecule has 0 bridgehead atoms. The molecule has 0 aliphatic carbocycles. The minimum Gasteiger partial charge on any atom is -0.488 e. The van der Waals surface area contributed by atoms with Gasteiger partial charge in [-0.2, -0.15) is 5.26 Å². The first-order chi connectivity index (χ1) is 14.4. The molecule has 0 aliphatic rings. The number of amides is 1. The van der Waals surface area contributed by atoms with Gasteiger partial charge >= 0.3 is 0 Å². The Balaban J connectivity index is 1.69. The highest BCUT2D eigenvalue weighted by Gasteiger charge is 2.11. The van der Waals surface area contributed by atoms with Crippen LogP contribution in [0.25, 0.3) is 6.08 Å². The fourth-order valence-corrected chi connectivity index (χ4v) is 3.02. The van der Waals surface area contributed by atoms with Crippen molar-refractivity contribution in [2.45, 2.75) is 6.61 Å². The van der Waals surface area contributed by atoms with Crippen LogP contribution in [0.1, 0.15) is 11.1 Å². The summed E-state index contributed by atoms with van der Waals surface area (Å²) in [6.45, 7) is 0.261. The average Bonchev–Trinajstić information content (AvgIpc) is 2.74. The van der Waals surface area contributed by atoms with Crippen LogP contribution in [0, 0.1) is 23.0 Å². The van der Waals surface area contributed by atoms with Crippen LogP contribution in [0.3, 0.4) is 0 Å². The maximum absolute atomic E-state index is 13.0. The van der Waals surface area contributed by atoms with Gasteiger partial charge < -0.3 is 10.1 Å². The van der Waals surface area contributed by atoms with Gasteiger partial charge in [0.05, 0.1) is 4.47 Å². The van der Waals surface area contributed by atoms with Crippen LogP contribution in [0.2, 0.25) is 0 Å². The second kappa shape index (κ2) is 9.81. The summed E-state index contributed by atoms with van der Waals surface area (Å²) in [7, 11) is 0. The normalized spacial score (nSPS) is 10.9. The molecule has 0 heterocycles. The molecule has 0 unspecified atom stereocenters. The van der Waals surface area contributed by atoms with Crippen LogP contribution in [0.15, 0.2) is 76.8 Å². The van der Waals surface area contributed by atoms with Gasteiger partial charge in [0, 0.05) is 5.69 Å². The van der Waals surface area contributed by atoms with Crippen LogP contribution in [-0.4, -0.2) is 5.91 Å². The predicted molar refractivity (Wildman–Crippen MR) is 113 cm³/mol. The Morgan fingerprint density at radius 2 is 1.67 bits per heavy atom. The van der Waals surface area contributed by atoms with Crippen molar-refractivity contribution >= 4 is 33.6 Å². The van der Waals surface area contributed by atoms with E-state index >= 15 is 0 Å². The van der Waals surface area contributed by atoms with Gasteiger partial charge in [0.1, 0.15) is 35.6 Å². The number of hydrogen-bond acceptors (Lipinski definition) is 3. The second-order valence-electron chi connectivity index (χ2n) is 6.24. The monoisotopic (exact) mass is 468 g/mol. The maximum atomic E-state index is 13.0. The van der Waals surface area contributed by atoms with Crippen LogP contribution in [0.4, 0.5) is 14.5 Å². The molecule has 7 heteroatoms. The van der Waals surface area contributed by atoms with Crippen molar-refractivity contribution in [3.05, 3.63) is 99.5 Å². The van der Waals surface area contributed by atoms with Gasteiger partial charge in [-0.05, 0) is 81.7 Å². The molecule has 0 saturated heterocycles. The summed E-state index contributed by atoms with van der Waals surface area (Å²) in [5, 5.41) is 11.9. The Labute approximate surface area is 180 Å². The zero-order valence-electron chi connectivity index (χ0n) is 15.5. The fourth-order valence-electron chi connectivity index (χ4n) is 2.51. The quantitative estimate of drug-likeness (QED) is 0.364. The summed E-state index contributed by atoms with van der Waals surface area (Å²) in [5.74, 6) is -0.772. The van der Waals surface area contributed by atoms with Crippen LogP contribution >= 0.6 is 15.9 Å². The summed E-state index contributed by atoms with van der Waals surface area (Å²) in [6.07, 6.45) is 1.44. The van der Waals surface area contributed by atoms with Crippen molar-refractivity contribution in [3.8, 4) is 11.8 Å². The number of rotatable bonds is 6. The van der Waals surface area contributed by atoms with E-state index in [9.17, 15) is 18.8 Å². The van der Waals surface area contributed by atoms with Gasteiger partial charge in [0.2, 0.25) is 0 Å². The van der Waals surface area contributed by atoms with Gasteiger partial charge in [-0.15, -0.1) is 0 Å². The van der Waals surface area contributed by atoms with Crippen molar-refractivity contribution in [2.75, 3.05) is 5.32 Å². The Kier molecular flexibility index (Phi) is 6.94. The van der Waals surface area contributed by atoms with E-state index < -0.39 is 11.7 Å². The van der Waals surface area contributed by atoms with E-state index in [2.05, 4.69) is 21.2 Å². The summed E-state index contributed by atoms with van der Waals surface area (Å²) in [4.78, 5) is 12.3. The first-order valence-corrected chi connectivity index (χ1v) is 9.59. The first-order valence-electron chi connectivity index (χ1n) is 8.80. The van der Waals surface area contributed by atoms with Crippen LogP contribution in [-0.2, 0) is 11.4 Å². The SMILES string of the molecule is N#C/C(=C\c1ccc(OCc2ccc(F)cc2)c(Br)c1)C(=O)Nc1ccc(F)cc1. The standard InChI is InChI=1S/C23H15BrF2N2O2/c24-21-12-16(3-10-22(21)30-14-15-1-4-18(25)5-2-15)11-17(13-27)23(29)28-20-8-6-19(26)7-9-20/h1-12H,14H2,(H,28,29)/b17-11+. The highest BCUT2D eigenvalue weighted by atomic mass is 79.9. The number of nitrogens with zero attached hydrogens (tertiary/aromatic N) is 1. The van der Waals surface area contributed by atoms with E-state index in [4.69, 9.17) is 4.74 Å². The molecule has 0 spiro atoms. The molecule has 0 saturated carbocycles. The molecule has 4 nitrogen and oxygen atoms in total. The molecular weight excluding hydrogens is 454 g/mol. The number of halogens is 3. The Bertz CT molecular complexity index is 1120.